The monoisotopic (exact) mass is 188 g/mol. The minimum atomic E-state index is 0. The molecule has 0 aliphatic heterocycles. The maximum Gasteiger partial charge on any atom is -0.00882 e. The van der Waals surface area contributed by atoms with Crippen LogP contribution in [-0.4, -0.2) is 0 Å². The number of benzene rings is 1. The van der Waals surface area contributed by atoms with E-state index in [1.165, 1.54) is 11.1 Å². The largest absolute Gasteiger partial charge is 0.147 e. The zero-order chi connectivity index (χ0) is 6.10. The maximum absolute atomic E-state index is 2.20. The van der Waals surface area contributed by atoms with E-state index < -0.39 is 0 Å². The molecule has 0 amide bonds. The lowest BCUT2D eigenvalue weighted by atomic mass is 10.1. The molecule has 1 aliphatic carbocycles. The minimum Gasteiger partial charge on any atom is -0.147 e. The van der Waals surface area contributed by atoms with Crippen LogP contribution in [0.5, 0.6) is 0 Å². The van der Waals surface area contributed by atoms with E-state index >= 15 is 0 Å². The number of rotatable bonds is 0. The first-order valence-electron chi connectivity index (χ1n) is 3.21. The van der Waals surface area contributed by atoms with Crippen LogP contribution in [0.4, 0.5) is 0 Å². The summed E-state index contributed by atoms with van der Waals surface area (Å²) in [5.41, 5.74) is 2.84. The van der Waals surface area contributed by atoms with Gasteiger partial charge in [0.25, 0.3) is 0 Å². The quantitative estimate of drug-likeness (QED) is 0.588. The fraction of sp³-hybridized carbons (Fsp3) is 0.111. The molecule has 1 aromatic rings. The third kappa shape index (κ3) is 1.98. The summed E-state index contributed by atoms with van der Waals surface area (Å²) in [5.74, 6) is 0. The standard InChI is InChI=1S/C9H8.2ClH/c1-2-5-9-7-3-6-8(9)4-1;;/h1-6H,7H2;2*1H. The van der Waals surface area contributed by atoms with Crippen LogP contribution in [0.3, 0.4) is 0 Å². The smallest absolute Gasteiger partial charge is 0.00882 e. The molecule has 1 aliphatic rings. The van der Waals surface area contributed by atoms with Gasteiger partial charge in [-0.05, 0) is 17.5 Å². The molecule has 2 heteroatoms. The number of hydrogen-bond acceptors (Lipinski definition) is 0. The molecule has 11 heavy (non-hydrogen) atoms. The summed E-state index contributed by atoms with van der Waals surface area (Å²) in [7, 11) is 0. The molecule has 2 rings (SSSR count). The summed E-state index contributed by atoms with van der Waals surface area (Å²) in [6, 6.07) is 8.49. The maximum atomic E-state index is 2.20. The Morgan fingerprint density at radius 2 is 1.73 bits per heavy atom. The number of allylic oxidation sites excluding steroid dienone is 1. The van der Waals surface area contributed by atoms with E-state index in [1.807, 2.05) is 0 Å². The molecule has 0 heterocycles. The molecule has 60 valence electrons. The lowest BCUT2D eigenvalue weighted by molar-refractivity contribution is 1.31. The Labute approximate surface area is 79.1 Å². The van der Waals surface area contributed by atoms with Gasteiger partial charge in [-0.1, -0.05) is 36.4 Å². The average molecular weight is 189 g/mol. The minimum absolute atomic E-state index is 0. The third-order valence-electron chi connectivity index (χ3n) is 1.69. The molecule has 0 fully saturated rings. The summed E-state index contributed by atoms with van der Waals surface area (Å²) in [6.45, 7) is 0. The summed E-state index contributed by atoms with van der Waals surface area (Å²) in [5, 5.41) is 0. The molecule has 0 bridgehead atoms. The Morgan fingerprint density at radius 3 is 2.45 bits per heavy atom. The van der Waals surface area contributed by atoms with Crippen LogP contribution >= 0.6 is 24.8 Å². The predicted octanol–water partition coefficient (Wildman–Crippen LogP) is 3.10. The van der Waals surface area contributed by atoms with Crippen LogP contribution < -0.4 is 0 Å². The van der Waals surface area contributed by atoms with Gasteiger partial charge in [-0.15, -0.1) is 24.8 Å². The Morgan fingerprint density at radius 1 is 1.00 bits per heavy atom. The van der Waals surface area contributed by atoms with E-state index in [-0.39, 0.29) is 24.8 Å². The highest BCUT2D eigenvalue weighted by Crippen LogP contribution is 2.17. The van der Waals surface area contributed by atoms with E-state index in [2.05, 4.69) is 36.4 Å². The van der Waals surface area contributed by atoms with Gasteiger partial charge in [-0.25, -0.2) is 0 Å². The molecule has 1 aromatic carbocycles. The van der Waals surface area contributed by atoms with Crippen molar-refractivity contribution in [1.29, 1.82) is 0 Å². The van der Waals surface area contributed by atoms with Crippen molar-refractivity contribution in [3.05, 3.63) is 41.5 Å². The van der Waals surface area contributed by atoms with Crippen LogP contribution in [0.15, 0.2) is 30.3 Å². The summed E-state index contributed by atoms with van der Waals surface area (Å²) < 4.78 is 0. The molecular formula is C9H10Cl2. The zero-order valence-corrected chi connectivity index (χ0v) is 7.62. The SMILES string of the molecule is C1=Cc2ccccc2C1.Cl.Cl. The van der Waals surface area contributed by atoms with Crippen LogP contribution in [0.25, 0.3) is 6.08 Å². The average Bonchev–Trinajstić information content (AvgIpc) is 2.33. The highest BCUT2D eigenvalue weighted by Gasteiger charge is 2.00. The van der Waals surface area contributed by atoms with Crippen molar-refractivity contribution >= 4 is 30.9 Å². The van der Waals surface area contributed by atoms with Gasteiger partial charge in [-0.2, -0.15) is 0 Å². The number of halogens is 2. The Kier molecular flexibility index (Phi) is 4.24. The second-order valence-corrected chi connectivity index (χ2v) is 2.31. The van der Waals surface area contributed by atoms with Gasteiger partial charge in [0.05, 0.1) is 0 Å². The van der Waals surface area contributed by atoms with Crippen molar-refractivity contribution in [2.24, 2.45) is 0 Å². The van der Waals surface area contributed by atoms with Gasteiger partial charge in [0.1, 0.15) is 0 Å². The molecule has 0 nitrogen and oxygen atoms in total. The highest BCUT2D eigenvalue weighted by molar-refractivity contribution is 5.85. The number of hydrogen-bond donors (Lipinski definition) is 0. The van der Waals surface area contributed by atoms with Crippen LogP contribution in [0.2, 0.25) is 0 Å². The summed E-state index contributed by atoms with van der Waals surface area (Å²) in [4.78, 5) is 0. The molecular weight excluding hydrogens is 179 g/mol. The zero-order valence-electron chi connectivity index (χ0n) is 5.99. The first kappa shape index (κ1) is 10.5. The lowest BCUT2D eigenvalue weighted by Crippen LogP contribution is -1.76. The second-order valence-electron chi connectivity index (χ2n) is 2.31. The van der Waals surface area contributed by atoms with Gasteiger partial charge in [0.2, 0.25) is 0 Å². The van der Waals surface area contributed by atoms with Crippen molar-refractivity contribution in [3.8, 4) is 0 Å². The van der Waals surface area contributed by atoms with Gasteiger partial charge in [0, 0.05) is 0 Å². The molecule has 0 radical (unpaired) electrons. The first-order valence-corrected chi connectivity index (χ1v) is 3.21. The molecule has 0 aromatic heterocycles. The van der Waals surface area contributed by atoms with Gasteiger partial charge < -0.3 is 0 Å². The van der Waals surface area contributed by atoms with Crippen LogP contribution in [0, 0.1) is 0 Å². The van der Waals surface area contributed by atoms with Crippen molar-refractivity contribution in [3.63, 3.8) is 0 Å². The van der Waals surface area contributed by atoms with Crippen molar-refractivity contribution in [1.82, 2.24) is 0 Å². The molecule has 0 saturated carbocycles. The number of fused-ring (bicyclic) bond motifs is 1. The normalized spacial score (nSPS) is 11.3. The molecule has 0 atom stereocenters. The van der Waals surface area contributed by atoms with E-state index in [0.29, 0.717) is 0 Å². The molecule has 0 spiro atoms. The molecule has 0 saturated heterocycles. The van der Waals surface area contributed by atoms with Gasteiger partial charge in [0.15, 0.2) is 0 Å². The van der Waals surface area contributed by atoms with Crippen LogP contribution in [0.1, 0.15) is 11.1 Å². The lowest BCUT2D eigenvalue weighted by Gasteiger charge is -1.93. The molecule has 0 unspecified atom stereocenters. The summed E-state index contributed by atoms with van der Waals surface area (Å²) in [6.07, 6.45) is 5.50. The Balaban J connectivity index is 0.000000500. The Bertz CT molecular complexity index is 253. The summed E-state index contributed by atoms with van der Waals surface area (Å²) >= 11 is 0. The Hall–Kier alpha value is -0.460. The van der Waals surface area contributed by atoms with Crippen molar-refractivity contribution in [2.45, 2.75) is 6.42 Å². The fourth-order valence-corrected chi connectivity index (χ4v) is 1.20. The third-order valence-corrected chi connectivity index (χ3v) is 1.69. The van der Waals surface area contributed by atoms with Gasteiger partial charge in [-0.3, -0.25) is 0 Å². The topological polar surface area (TPSA) is 0 Å². The van der Waals surface area contributed by atoms with E-state index in [4.69, 9.17) is 0 Å². The highest BCUT2D eigenvalue weighted by atomic mass is 35.5. The van der Waals surface area contributed by atoms with Crippen LogP contribution in [-0.2, 0) is 6.42 Å². The van der Waals surface area contributed by atoms with Crippen molar-refractivity contribution in [2.75, 3.05) is 0 Å². The van der Waals surface area contributed by atoms with Crippen molar-refractivity contribution < 1.29 is 0 Å². The predicted molar refractivity (Wildman–Crippen MR) is 53.7 cm³/mol. The fourth-order valence-electron chi connectivity index (χ4n) is 1.20. The molecule has 0 N–H and O–H groups in total. The van der Waals surface area contributed by atoms with E-state index in [1.54, 1.807) is 0 Å². The first-order chi connectivity index (χ1) is 4.47. The second kappa shape index (κ2) is 4.42. The van der Waals surface area contributed by atoms with E-state index in [9.17, 15) is 0 Å². The van der Waals surface area contributed by atoms with Gasteiger partial charge >= 0.3 is 0 Å². The van der Waals surface area contributed by atoms with E-state index in [0.717, 1.165) is 6.42 Å².